The first-order valence-corrected chi connectivity index (χ1v) is 2.67. The van der Waals surface area contributed by atoms with Crippen molar-refractivity contribution >= 4 is 5.69 Å². The predicted octanol–water partition coefficient (Wildman–Crippen LogP) is 1.43. The van der Waals surface area contributed by atoms with Gasteiger partial charge in [-0.05, 0) is 6.07 Å². The third kappa shape index (κ3) is 14.2. The van der Waals surface area contributed by atoms with E-state index in [0.717, 1.165) is 0 Å². The summed E-state index contributed by atoms with van der Waals surface area (Å²) >= 11 is 0. The van der Waals surface area contributed by atoms with Gasteiger partial charge in [-0.1, -0.05) is 10.9 Å². The average Bonchev–Trinajstić information content (AvgIpc) is 1.88. The molecule has 1 aromatic carbocycles. The average molecular weight is 583 g/mol. The molecule has 2 N–H and O–H groups in total. The molecule has 0 fully saturated rings. The van der Waals surface area contributed by atoms with Gasteiger partial charge in [-0.25, -0.2) is 0 Å². The van der Waals surface area contributed by atoms with Crippen molar-refractivity contribution in [3.63, 3.8) is 0 Å². The van der Waals surface area contributed by atoms with Gasteiger partial charge in [0.1, 0.15) is 5.75 Å². The van der Waals surface area contributed by atoms with Crippen LogP contribution in [0.4, 0.5) is 5.69 Å². The Morgan fingerprint density at radius 1 is 1.00 bits per heavy atom. The van der Waals surface area contributed by atoms with E-state index in [1.54, 1.807) is 0 Å². The van der Waals surface area contributed by atoms with E-state index < -0.39 is 0 Å². The van der Waals surface area contributed by atoms with Crippen LogP contribution in [-0.2, 0) is 164 Å². The van der Waals surface area contributed by atoms with Crippen molar-refractivity contribution in [2.45, 2.75) is 0 Å². The summed E-state index contributed by atoms with van der Waals surface area (Å²) in [4.78, 5) is -0.0558. The van der Waals surface area contributed by atoms with E-state index in [1.807, 2.05) is 0 Å². The van der Waals surface area contributed by atoms with Crippen LogP contribution in [0.15, 0.2) is 24.3 Å². The number of hydrogen-bond donors (Lipinski definition) is 2. The molecule has 0 saturated heterocycles. The zero-order valence-electron chi connectivity index (χ0n) is 7.99. The Kier molecular flexibility index (Phi) is 37.5. The zero-order valence-corrected chi connectivity index (χ0v) is 22.2. The minimum atomic E-state index is -0.0558. The molecule has 5 radical (unpaired) electrons. The maximum Gasteiger partial charge on any atom is 0.247 e. The molecule has 0 spiro atoms. The van der Waals surface area contributed by atoms with E-state index in [-0.39, 0.29) is 180 Å². The molecule has 0 atom stereocenters. The van der Waals surface area contributed by atoms with Gasteiger partial charge in [0.05, 0.1) is 6.07 Å². The number of nitrogens with zero attached hydrogens (tertiary/aromatic N) is 2. The minimum Gasteiger partial charge on any atom is -0.508 e. The van der Waals surface area contributed by atoms with Crippen molar-refractivity contribution in [3.8, 4) is 5.75 Å². The summed E-state index contributed by atoms with van der Waals surface area (Å²) in [6.45, 7) is 0. The number of rotatable bonds is 1. The van der Waals surface area contributed by atoms with Crippen molar-refractivity contribution in [1.82, 2.24) is 0 Å². The Labute approximate surface area is 214 Å². The van der Waals surface area contributed by atoms with Crippen molar-refractivity contribution in [2.75, 3.05) is 0 Å². The molecule has 0 aliphatic carbocycles. The third-order valence-electron chi connectivity index (χ3n) is 1.06. The van der Waals surface area contributed by atoms with E-state index >= 15 is 0 Å². The van der Waals surface area contributed by atoms with Gasteiger partial charge >= 0.3 is 0 Å². The van der Waals surface area contributed by atoms with Crippen LogP contribution in [0.3, 0.4) is 0 Å². The molecule has 1 aromatic rings. The molecule has 0 amide bonds. The van der Waals surface area contributed by atoms with Crippen LogP contribution in [0.5, 0.6) is 5.75 Å². The second-order valence-corrected chi connectivity index (χ2v) is 1.81. The topological polar surface area (TPSA) is 65.8 Å². The van der Waals surface area contributed by atoms with Crippen LogP contribution in [0, 0.1) is 0 Å². The van der Waals surface area contributed by atoms with Crippen molar-refractivity contribution < 1.29 is 179 Å². The van der Waals surface area contributed by atoms with E-state index in [1.165, 1.54) is 24.3 Å². The van der Waals surface area contributed by atoms with Crippen LogP contribution >= 0.6 is 0 Å². The van der Waals surface area contributed by atoms with Gasteiger partial charge < -0.3 is 10.6 Å². The second kappa shape index (κ2) is 17.9. The summed E-state index contributed by atoms with van der Waals surface area (Å²) in [5.74, 6) is -0.00870. The van der Waals surface area contributed by atoms with Gasteiger partial charge in [0, 0.05) is 170 Å². The molecular weight excluding hydrogens is 577 g/mol. The Morgan fingerprint density at radius 3 is 1.73 bits per heavy atom. The molecule has 15 heavy (non-hydrogen) atoms. The van der Waals surface area contributed by atoms with Crippen LogP contribution in [-0.4, -0.2) is 15.2 Å². The number of benzene rings is 1. The molecule has 0 bridgehead atoms. The van der Waals surface area contributed by atoms with Crippen molar-refractivity contribution in [2.24, 2.45) is 0 Å². The first kappa shape index (κ1) is 31.4. The van der Waals surface area contributed by atoms with Crippen LogP contribution < -0.4 is 0 Å². The van der Waals surface area contributed by atoms with Crippen molar-refractivity contribution in [3.05, 3.63) is 29.8 Å². The number of aromatic hydroxyl groups is 1. The summed E-state index contributed by atoms with van der Waals surface area (Å²) in [6, 6.07) is 5.61. The molecule has 0 aliphatic rings. The Bertz CT molecular complexity index is 273. The summed E-state index contributed by atoms with van der Waals surface area (Å²) in [7, 11) is 0. The predicted molar refractivity (Wildman–Crippen MR) is 33.2 cm³/mol. The second-order valence-electron chi connectivity index (χ2n) is 1.81. The van der Waals surface area contributed by atoms with E-state index in [2.05, 4.69) is 0 Å². The molecule has 0 heterocycles. The van der Waals surface area contributed by atoms with Crippen molar-refractivity contribution in [1.29, 1.82) is 0 Å². The fourth-order valence-corrected chi connectivity index (χ4v) is 0.617. The molecule has 0 aromatic heterocycles. The molecule has 67 valence electrons. The standard InChI is InChI=1S/C6H6N2O2.5Y/c7-8(10)5-2-1-3-6(9)4-5;;;;;/h1-4,9-10H;;;;;. The normalized spacial score (nSPS) is 6.13. The van der Waals surface area contributed by atoms with Gasteiger partial charge in [0.25, 0.3) is 0 Å². The number of hydrogen-bond acceptors (Lipinski definition) is 1. The maximum atomic E-state index is 8.81. The zero-order chi connectivity index (χ0) is 7.56. The largest absolute Gasteiger partial charge is 0.508 e. The van der Waals surface area contributed by atoms with Gasteiger partial charge in [0.2, 0.25) is 5.69 Å². The molecular formula is C6H6N2O2Y5. The number of phenolic OH excluding ortho intramolecular Hbond substituents is 1. The molecule has 0 aliphatic heterocycles. The van der Waals surface area contributed by atoms with Gasteiger partial charge in [-0.3, -0.25) is 5.21 Å². The van der Waals surface area contributed by atoms with E-state index in [0.29, 0.717) is 0 Å². The van der Waals surface area contributed by atoms with Crippen LogP contribution in [0.25, 0.3) is 5.53 Å². The summed E-state index contributed by atoms with van der Waals surface area (Å²) in [5, 5.41) is 17.2. The maximum absolute atomic E-state index is 8.81. The first-order chi connectivity index (χ1) is 4.70. The summed E-state index contributed by atoms with van der Waals surface area (Å²) in [6.07, 6.45) is 0. The molecule has 0 unspecified atom stereocenters. The van der Waals surface area contributed by atoms with Gasteiger partial charge in [-0.2, -0.15) is 0 Å². The fourth-order valence-electron chi connectivity index (χ4n) is 0.617. The molecule has 0 saturated carbocycles. The Balaban J connectivity index is -0.0000000667. The molecule has 9 heteroatoms. The Hall–Kier alpha value is 3.94. The van der Waals surface area contributed by atoms with E-state index in [9.17, 15) is 0 Å². The Morgan fingerprint density at radius 2 is 1.47 bits per heavy atom. The van der Waals surface area contributed by atoms with Gasteiger partial charge in [0.15, 0.2) is 0 Å². The SMILES string of the molecule is [N-]=[N+](O)c1cccc(O)c1.[Y].[Y].[Y].[Y].[Y]. The first-order valence-electron chi connectivity index (χ1n) is 2.67. The van der Waals surface area contributed by atoms with E-state index in [4.69, 9.17) is 15.8 Å². The summed E-state index contributed by atoms with van der Waals surface area (Å²) in [5.41, 5.74) is 8.55. The van der Waals surface area contributed by atoms with Gasteiger partial charge in [-0.15, -0.1) is 0 Å². The molecule has 4 nitrogen and oxygen atoms in total. The van der Waals surface area contributed by atoms with Crippen LogP contribution in [0.1, 0.15) is 0 Å². The minimum absolute atomic E-state index is 0. The monoisotopic (exact) mass is 583 g/mol. The fraction of sp³-hybridized carbons (Fsp3) is 0. The third-order valence-corrected chi connectivity index (χ3v) is 1.06. The molecule has 1 rings (SSSR count). The smallest absolute Gasteiger partial charge is 0.247 e. The van der Waals surface area contributed by atoms with Crippen LogP contribution in [0.2, 0.25) is 0 Å². The quantitative estimate of drug-likeness (QED) is 0.299. The summed E-state index contributed by atoms with van der Waals surface area (Å²) < 4.78 is 0. The number of phenols is 1.